The molecule has 1 aliphatic carbocycles. The summed E-state index contributed by atoms with van der Waals surface area (Å²) in [5.41, 5.74) is 5.98. The van der Waals surface area contributed by atoms with Gasteiger partial charge in [0.15, 0.2) is 0 Å². The van der Waals surface area contributed by atoms with Crippen LogP contribution in [-0.4, -0.2) is 12.1 Å². The lowest BCUT2D eigenvalue weighted by Gasteiger charge is -2.29. The third kappa shape index (κ3) is 3.30. The molecule has 1 aliphatic rings. The molecule has 0 spiro atoms. The van der Waals surface area contributed by atoms with E-state index >= 15 is 0 Å². The van der Waals surface area contributed by atoms with Crippen molar-refractivity contribution in [1.82, 2.24) is 5.32 Å². The third-order valence-electron chi connectivity index (χ3n) is 3.95. The lowest BCUT2D eigenvalue weighted by molar-refractivity contribution is 0.323. The van der Waals surface area contributed by atoms with Crippen LogP contribution in [0.15, 0.2) is 17.5 Å². The molecule has 17 heavy (non-hydrogen) atoms. The molecule has 0 radical (unpaired) electrons. The summed E-state index contributed by atoms with van der Waals surface area (Å²) >= 11 is 1.87. The molecule has 96 valence electrons. The summed E-state index contributed by atoms with van der Waals surface area (Å²) in [5, 5.41) is 5.92. The molecular formula is C14H24N2S. The Bertz CT molecular complexity index is 315. The maximum atomic E-state index is 5.98. The summed E-state index contributed by atoms with van der Waals surface area (Å²) in [4.78, 5) is 1.48. The molecule has 3 unspecified atom stereocenters. The van der Waals surface area contributed by atoms with Crippen molar-refractivity contribution in [2.75, 3.05) is 0 Å². The first-order valence-corrected chi connectivity index (χ1v) is 7.61. The molecule has 0 aromatic carbocycles. The minimum Gasteiger partial charge on any atom is -0.327 e. The van der Waals surface area contributed by atoms with Gasteiger partial charge in [0.25, 0.3) is 0 Å². The first-order valence-electron chi connectivity index (χ1n) is 6.73. The van der Waals surface area contributed by atoms with E-state index in [1.165, 1.54) is 30.6 Å². The molecule has 0 aliphatic heterocycles. The second-order valence-electron chi connectivity index (χ2n) is 5.35. The normalized spacial score (nSPS) is 22.5. The van der Waals surface area contributed by atoms with E-state index in [0.717, 1.165) is 5.92 Å². The molecule has 1 saturated carbocycles. The molecule has 1 aromatic heterocycles. The standard InChI is InChI=1S/C14H24N2S/c1-10(15)11(2)16-14(12-6-3-4-7-12)13-8-5-9-17-13/h5,8-12,14,16H,3-4,6-7,15H2,1-2H3. The van der Waals surface area contributed by atoms with E-state index in [9.17, 15) is 0 Å². The van der Waals surface area contributed by atoms with Crippen LogP contribution in [0.3, 0.4) is 0 Å². The highest BCUT2D eigenvalue weighted by atomic mass is 32.1. The first-order chi connectivity index (χ1) is 8.18. The predicted octanol–water partition coefficient (Wildman–Crippen LogP) is 3.30. The van der Waals surface area contributed by atoms with Crippen LogP contribution in [0, 0.1) is 5.92 Å². The molecule has 0 amide bonds. The summed E-state index contributed by atoms with van der Waals surface area (Å²) in [7, 11) is 0. The molecule has 3 heteroatoms. The van der Waals surface area contributed by atoms with E-state index in [1.54, 1.807) is 0 Å². The smallest absolute Gasteiger partial charge is 0.0445 e. The van der Waals surface area contributed by atoms with Gasteiger partial charge in [-0.3, -0.25) is 0 Å². The molecule has 2 rings (SSSR count). The third-order valence-corrected chi connectivity index (χ3v) is 4.91. The van der Waals surface area contributed by atoms with Crippen LogP contribution in [-0.2, 0) is 0 Å². The fourth-order valence-electron chi connectivity index (χ4n) is 2.64. The Balaban J connectivity index is 2.07. The number of rotatable bonds is 5. The molecule has 0 bridgehead atoms. The average Bonchev–Trinajstić information content (AvgIpc) is 2.98. The average molecular weight is 252 g/mol. The molecule has 2 nitrogen and oxygen atoms in total. The van der Waals surface area contributed by atoms with Crippen molar-refractivity contribution in [2.24, 2.45) is 11.7 Å². The molecule has 1 heterocycles. The monoisotopic (exact) mass is 252 g/mol. The predicted molar refractivity (Wildman–Crippen MR) is 75.3 cm³/mol. The molecule has 0 saturated heterocycles. The number of hydrogen-bond donors (Lipinski definition) is 2. The van der Waals surface area contributed by atoms with Crippen LogP contribution in [0.2, 0.25) is 0 Å². The van der Waals surface area contributed by atoms with Gasteiger partial charge in [0.2, 0.25) is 0 Å². The van der Waals surface area contributed by atoms with Gasteiger partial charge in [0.1, 0.15) is 0 Å². The Hall–Kier alpha value is -0.380. The van der Waals surface area contributed by atoms with E-state index in [0.29, 0.717) is 12.1 Å². The minimum atomic E-state index is 0.207. The Morgan fingerprint density at radius 1 is 1.35 bits per heavy atom. The van der Waals surface area contributed by atoms with Crippen LogP contribution in [0.4, 0.5) is 0 Å². The van der Waals surface area contributed by atoms with Gasteiger partial charge in [-0.05, 0) is 44.1 Å². The van der Waals surface area contributed by atoms with Gasteiger partial charge in [-0.1, -0.05) is 18.9 Å². The maximum absolute atomic E-state index is 5.98. The lowest BCUT2D eigenvalue weighted by Crippen LogP contribution is -2.44. The molecule has 3 N–H and O–H groups in total. The number of hydrogen-bond acceptors (Lipinski definition) is 3. The van der Waals surface area contributed by atoms with Gasteiger partial charge in [0.05, 0.1) is 0 Å². The van der Waals surface area contributed by atoms with Crippen molar-refractivity contribution in [1.29, 1.82) is 0 Å². The van der Waals surface area contributed by atoms with E-state index in [4.69, 9.17) is 5.73 Å². The van der Waals surface area contributed by atoms with E-state index in [1.807, 2.05) is 11.3 Å². The van der Waals surface area contributed by atoms with Gasteiger partial charge in [0, 0.05) is 23.0 Å². The van der Waals surface area contributed by atoms with Gasteiger partial charge < -0.3 is 11.1 Å². The zero-order valence-electron chi connectivity index (χ0n) is 10.9. The first kappa shape index (κ1) is 13.1. The van der Waals surface area contributed by atoms with Crippen LogP contribution < -0.4 is 11.1 Å². The summed E-state index contributed by atoms with van der Waals surface area (Å²) in [5.74, 6) is 0.801. The Labute approximate surface area is 109 Å². The molecular weight excluding hydrogens is 228 g/mol. The highest BCUT2D eigenvalue weighted by Gasteiger charge is 2.28. The number of nitrogens with one attached hydrogen (secondary N) is 1. The van der Waals surface area contributed by atoms with Crippen molar-refractivity contribution in [3.05, 3.63) is 22.4 Å². The zero-order chi connectivity index (χ0) is 12.3. The van der Waals surface area contributed by atoms with Crippen molar-refractivity contribution in [2.45, 2.75) is 57.7 Å². The zero-order valence-corrected chi connectivity index (χ0v) is 11.7. The SMILES string of the molecule is CC(N)C(C)NC(c1cccs1)C1CCCC1. The van der Waals surface area contributed by atoms with Gasteiger partial charge >= 0.3 is 0 Å². The quantitative estimate of drug-likeness (QED) is 0.844. The topological polar surface area (TPSA) is 38.0 Å². The van der Waals surface area contributed by atoms with Crippen molar-refractivity contribution in [3.63, 3.8) is 0 Å². The Morgan fingerprint density at radius 3 is 2.59 bits per heavy atom. The maximum Gasteiger partial charge on any atom is 0.0445 e. The second kappa shape index (κ2) is 5.98. The van der Waals surface area contributed by atoms with Crippen LogP contribution in [0.1, 0.15) is 50.4 Å². The number of nitrogens with two attached hydrogens (primary N) is 1. The van der Waals surface area contributed by atoms with E-state index < -0.39 is 0 Å². The summed E-state index contributed by atoms with van der Waals surface area (Å²) < 4.78 is 0. The van der Waals surface area contributed by atoms with Gasteiger partial charge in [-0.2, -0.15) is 0 Å². The molecule has 1 aromatic rings. The lowest BCUT2D eigenvalue weighted by atomic mass is 9.95. The van der Waals surface area contributed by atoms with Crippen LogP contribution >= 0.6 is 11.3 Å². The van der Waals surface area contributed by atoms with Crippen LogP contribution in [0.25, 0.3) is 0 Å². The largest absolute Gasteiger partial charge is 0.327 e. The van der Waals surface area contributed by atoms with Crippen LogP contribution in [0.5, 0.6) is 0 Å². The highest BCUT2D eigenvalue weighted by Crippen LogP contribution is 2.37. The summed E-state index contributed by atoms with van der Waals surface area (Å²) in [6.45, 7) is 4.28. The fourth-order valence-corrected chi connectivity index (χ4v) is 3.52. The van der Waals surface area contributed by atoms with Crippen molar-refractivity contribution < 1.29 is 0 Å². The molecule has 1 fully saturated rings. The fraction of sp³-hybridized carbons (Fsp3) is 0.714. The second-order valence-corrected chi connectivity index (χ2v) is 6.33. The number of thiophene rings is 1. The van der Waals surface area contributed by atoms with Gasteiger partial charge in [-0.15, -0.1) is 11.3 Å². The highest BCUT2D eigenvalue weighted by molar-refractivity contribution is 7.10. The Kier molecular flexibility index (Phi) is 4.60. The van der Waals surface area contributed by atoms with Crippen molar-refractivity contribution >= 4 is 11.3 Å². The van der Waals surface area contributed by atoms with Gasteiger partial charge in [-0.25, -0.2) is 0 Å². The van der Waals surface area contributed by atoms with E-state index in [-0.39, 0.29) is 6.04 Å². The van der Waals surface area contributed by atoms with E-state index in [2.05, 4.69) is 36.7 Å². The minimum absolute atomic E-state index is 0.207. The molecule has 3 atom stereocenters. The Morgan fingerprint density at radius 2 is 2.06 bits per heavy atom. The summed E-state index contributed by atoms with van der Waals surface area (Å²) in [6, 6.07) is 5.51. The summed E-state index contributed by atoms with van der Waals surface area (Å²) in [6.07, 6.45) is 5.50. The van der Waals surface area contributed by atoms with Crippen molar-refractivity contribution in [3.8, 4) is 0 Å².